The molecule has 20 heavy (non-hydrogen) atoms. The number of rotatable bonds is 6. The van der Waals surface area contributed by atoms with Crippen molar-refractivity contribution in [3.05, 3.63) is 53.1 Å². The van der Waals surface area contributed by atoms with Crippen LogP contribution in [0.1, 0.15) is 36.6 Å². The van der Waals surface area contributed by atoms with Gasteiger partial charge in [-0.25, -0.2) is 4.39 Å². The molecule has 0 amide bonds. The molecule has 1 unspecified atom stereocenters. The molecule has 1 N–H and O–H groups in total. The third-order valence-corrected chi connectivity index (χ3v) is 3.43. The van der Waals surface area contributed by atoms with Crippen LogP contribution in [0.2, 0.25) is 0 Å². The van der Waals surface area contributed by atoms with Gasteiger partial charge in [-0.1, -0.05) is 19.1 Å². The van der Waals surface area contributed by atoms with Crippen molar-refractivity contribution in [1.82, 2.24) is 15.1 Å². The first-order valence-corrected chi connectivity index (χ1v) is 7.14. The normalized spacial score (nSPS) is 12.6. The molecular weight excluding hydrogens is 253 g/mol. The Kier molecular flexibility index (Phi) is 4.90. The first-order valence-electron chi connectivity index (χ1n) is 7.14. The topological polar surface area (TPSA) is 29.9 Å². The smallest absolute Gasteiger partial charge is 0.128 e. The molecule has 0 aliphatic heterocycles. The first kappa shape index (κ1) is 14.7. The van der Waals surface area contributed by atoms with Gasteiger partial charge in [0, 0.05) is 24.3 Å². The lowest BCUT2D eigenvalue weighted by Gasteiger charge is -2.18. The number of halogens is 1. The molecular formula is C16H22FN3. The monoisotopic (exact) mass is 275 g/mol. The third-order valence-electron chi connectivity index (χ3n) is 3.43. The second-order valence-electron chi connectivity index (χ2n) is 5.04. The molecule has 0 bridgehead atoms. The van der Waals surface area contributed by atoms with Gasteiger partial charge in [-0.3, -0.25) is 4.68 Å². The highest BCUT2D eigenvalue weighted by molar-refractivity contribution is 5.27. The summed E-state index contributed by atoms with van der Waals surface area (Å²) in [6.45, 7) is 7.65. The predicted molar refractivity (Wildman–Crippen MR) is 79.2 cm³/mol. The molecule has 0 saturated heterocycles. The molecule has 0 spiro atoms. The quantitative estimate of drug-likeness (QED) is 0.877. The van der Waals surface area contributed by atoms with Crippen molar-refractivity contribution >= 4 is 0 Å². The van der Waals surface area contributed by atoms with Gasteiger partial charge in [0.1, 0.15) is 5.82 Å². The van der Waals surface area contributed by atoms with E-state index in [2.05, 4.69) is 17.3 Å². The number of nitrogens with zero attached hydrogens (tertiary/aromatic N) is 2. The summed E-state index contributed by atoms with van der Waals surface area (Å²) in [6.07, 6.45) is 4.63. The molecule has 0 fully saturated rings. The minimum Gasteiger partial charge on any atom is -0.310 e. The van der Waals surface area contributed by atoms with E-state index in [-0.39, 0.29) is 11.9 Å². The van der Waals surface area contributed by atoms with E-state index in [1.54, 1.807) is 6.07 Å². The lowest BCUT2D eigenvalue weighted by atomic mass is 9.99. The summed E-state index contributed by atoms with van der Waals surface area (Å²) in [5.74, 6) is -0.140. The average molecular weight is 275 g/mol. The van der Waals surface area contributed by atoms with E-state index in [4.69, 9.17) is 0 Å². The number of aryl methyl sites for hydroxylation is 2. The Balaban J connectivity index is 2.21. The van der Waals surface area contributed by atoms with Gasteiger partial charge in [0.25, 0.3) is 0 Å². The Hall–Kier alpha value is -1.68. The summed E-state index contributed by atoms with van der Waals surface area (Å²) < 4.78 is 16.0. The SMILES string of the molecule is CCNC(Cc1cnn(CC)c1)c1ccc(C)cc1F. The van der Waals surface area contributed by atoms with Crippen LogP contribution in [0.5, 0.6) is 0 Å². The Bertz CT molecular complexity index is 563. The molecule has 1 aromatic carbocycles. The van der Waals surface area contributed by atoms with Gasteiger partial charge in [0.05, 0.1) is 6.20 Å². The molecule has 0 aliphatic carbocycles. The van der Waals surface area contributed by atoms with Crippen LogP contribution in [0.3, 0.4) is 0 Å². The molecule has 0 saturated carbocycles. The Morgan fingerprint density at radius 2 is 2.15 bits per heavy atom. The second kappa shape index (κ2) is 6.66. The minimum atomic E-state index is -0.140. The zero-order valence-electron chi connectivity index (χ0n) is 12.4. The summed E-state index contributed by atoms with van der Waals surface area (Å²) >= 11 is 0. The van der Waals surface area contributed by atoms with E-state index in [9.17, 15) is 4.39 Å². The second-order valence-corrected chi connectivity index (χ2v) is 5.04. The number of benzene rings is 1. The Labute approximate surface area is 119 Å². The Morgan fingerprint density at radius 3 is 2.75 bits per heavy atom. The van der Waals surface area contributed by atoms with Gasteiger partial charge in [-0.15, -0.1) is 0 Å². The van der Waals surface area contributed by atoms with Gasteiger partial charge in [0.2, 0.25) is 0 Å². The highest BCUT2D eigenvalue weighted by Gasteiger charge is 2.16. The van der Waals surface area contributed by atoms with Gasteiger partial charge < -0.3 is 5.32 Å². The van der Waals surface area contributed by atoms with Crippen molar-refractivity contribution in [2.45, 2.75) is 39.8 Å². The van der Waals surface area contributed by atoms with Crippen molar-refractivity contribution in [3.63, 3.8) is 0 Å². The fourth-order valence-electron chi connectivity index (χ4n) is 2.37. The molecule has 2 rings (SSSR count). The molecule has 1 atom stereocenters. The lowest BCUT2D eigenvalue weighted by molar-refractivity contribution is 0.509. The van der Waals surface area contributed by atoms with Crippen LogP contribution in [0.25, 0.3) is 0 Å². The highest BCUT2D eigenvalue weighted by atomic mass is 19.1. The minimum absolute atomic E-state index is 0.0184. The van der Waals surface area contributed by atoms with Crippen LogP contribution in [0.15, 0.2) is 30.6 Å². The summed E-state index contributed by atoms with van der Waals surface area (Å²) in [5.41, 5.74) is 2.79. The largest absolute Gasteiger partial charge is 0.310 e. The van der Waals surface area contributed by atoms with E-state index in [1.165, 1.54) is 0 Å². The van der Waals surface area contributed by atoms with E-state index < -0.39 is 0 Å². The fraction of sp³-hybridized carbons (Fsp3) is 0.438. The summed E-state index contributed by atoms with van der Waals surface area (Å²) in [5, 5.41) is 7.63. The number of aromatic nitrogens is 2. The summed E-state index contributed by atoms with van der Waals surface area (Å²) in [4.78, 5) is 0. The average Bonchev–Trinajstić information content (AvgIpc) is 2.86. The van der Waals surface area contributed by atoms with Crippen molar-refractivity contribution in [2.24, 2.45) is 0 Å². The van der Waals surface area contributed by atoms with E-state index >= 15 is 0 Å². The number of hydrogen-bond donors (Lipinski definition) is 1. The van der Waals surface area contributed by atoms with Crippen LogP contribution in [0.4, 0.5) is 4.39 Å². The Morgan fingerprint density at radius 1 is 1.35 bits per heavy atom. The van der Waals surface area contributed by atoms with E-state index in [1.807, 2.05) is 43.1 Å². The standard InChI is InChI=1S/C16H22FN3/c1-4-18-16(9-13-10-19-20(5-2)11-13)14-7-6-12(3)8-15(14)17/h6-8,10-11,16,18H,4-5,9H2,1-3H3. The summed E-state index contributed by atoms with van der Waals surface area (Å²) in [6, 6.07) is 5.41. The number of likely N-dealkylation sites (N-methyl/N-ethyl adjacent to an activating group) is 1. The maximum atomic E-state index is 14.1. The zero-order chi connectivity index (χ0) is 14.5. The van der Waals surface area contributed by atoms with Crippen LogP contribution in [0, 0.1) is 12.7 Å². The zero-order valence-corrected chi connectivity index (χ0v) is 12.4. The molecule has 2 aromatic rings. The van der Waals surface area contributed by atoms with Crippen molar-refractivity contribution < 1.29 is 4.39 Å². The van der Waals surface area contributed by atoms with Crippen LogP contribution in [-0.4, -0.2) is 16.3 Å². The maximum Gasteiger partial charge on any atom is 0.128 e. The summed E-state index contributed by atoms with van der Waals surface area (Å²) in [7, 11) is 0. The van der Waals surface area contributed by atoms with Crippen LogP contribution in [-0.2, 0) is 13.0 Å². The van der Waals surface area contributed by atoms with Crippen molar-refractivity contribution in [2.75, 3.05) is 6.54 Å². The molecule has 108 valence electrons. The van der Waals surface area contributed by atoms with Crippen molar-refractivity contribution in [3.8, 4) is 0 Å². The molecule has 1 heterocycles. The molecule has 3 nitrogen and oxygen atoms in total. The number of nitrogens with one attached hydrogen (secondary N) is 1. The van der Waals surface area contributed by atoms with Crippen LogP contribution < -0.4 is 5.32 Å². The lowest BCUT2D eigenvalue weighted by Crippen LogP contribution is -2.23. The van der Waals surface area contributed by atoms with Gasteiger partial charge >= 0.3 is 0 Å². The highest BCUT2D eigenvalue weighted by Crippen LogP contribution is 2.22. The molecule has 0 aliphatic rings. The van der Waals surface area contributed by atoms with E-state index in [0.717, 1.165) is 36.2 Å². The van der Waals surface area contributed by atoms with Crippen LogP contribution >= 0.6 is 0 Å². The van der Waals surface area contributed by atoms with Gasteiger partial charge in [0.15, 0.2) is 0 Å². The maximum absolute atomic E-state index is 14.1. The predicted octanol–water partition coefficient (Wildman–Crippen LogP) is 3.24. The van der Waals surface area contributed by atoms with E-state index in [0.29, 0.717) is 0 Å². The number of hydrogen-bond acceptors (Lipinski definition) is 2. The van der Waals surface area contributed by atoms with Crippen molar-refractivity contribution in [1.29, 1.82) is 0 Å². The first-order chi connectivity index (χ1) is 9.63. The molecule has 0 radical (unpaired) electrons. The van der Waals surface area contributed by atoms with Gasteiger partial charge in [-0.05, 0) is 44.0 Å². The molecule has 4 heteroatoms. The third kappa shape index (κ3) is 3.45. The fourth-order valence-corrected chi connectivity index (χ4v) is 2.37. The van der Waals surface area contributed by atoms with Gasteiger partial charge in [-0.2, -0.15) is 5.10 Å². The molecule has 1 aromatic heterocycles.